The summed E-state index contributed by atoms with van der Waals surface area (Å²) in [5, 5.41) is 0. The van der Waals surface area contributed by atoms with E-state index in [9.17, 15) is 4.79 Å². The van der Waals surface area contributed by atoms with Crippen molar-refractivity contribution in [2.24, 2.45) is 5.73 Å². The highest BCUT2D eigenvalue weighted by Crippen LogP contribution is 2.15. The van der Waals surface area contributed by atoms with Gasteiger partial charge in [-0.1, -0.05) is 0 Å². The SMILES string of the molecule is NC(=O)Oc1cnc2cccnc2c1. The average Bonchev–Trinajstić information content (AvgIpc) is 2.17. The predicted octanol–water partition coefficient (Wildman–Crippen LogP) is 1.09. The summed E-state index contributed by atoms with van der Waals surface area (Å²) >= 11 is 0. The minimum atomic E-state index is -0.859. The summed E-state index contributed by atoms with van der Waals surface area (Å²) in [6, 6.07) is 5.20. The molecule has 0 saturated heterocycles. The summed E-state index contributed by atoms with van der Waals surface area (Å²) in [4.78, 5) is 18.6. The summed E-state index contributed by atoms with van der Waals surface area (Å²) < 4.78 is 4.66. The number of aromatic nitrogens is 2. The number of carbonyl (C=O) groups excluding carboxylic acids is 1. The number of pyridine rings is 2. The number of fused-ring (bicyclic) bond motifs is 1. The van der Waals surface area contributed by atoms with E-state index in [-0.39, 0.29) is 0 Å². The van der Waals surface area contributed by atoms with Crippen molar-refractivity contribution in [1.29, 1.82) is 0 Å². The van der Waals surface area contributed by atoms with Gasteiger partial charge in [-0.05, 0) is 12.1 Å². The highest BCUT2D eigenvalue weighted by atomic mass is 16.5. The number of nitrogens with two attached hydrogens (primary N) is 1. The molecule has 0 bridgehead atoms. The Hall–Kier alpha value is -2.17. The Balaban J connectivity index is 2.46. The Morgan fingerprint density at radius 1 is 1.36 bits per heavy atom. The summed E-state index contributed by atoms with van der Waals surface area (Å²) in [6.07, 6.45) is 2.20. The van der Waals surface area contributed by atoms with Crippen LogP contribution >= 0.6 is 0 Å². The molecule has 0 aliphatic carbocycles. The number of nitrogens with zero attached hydrogens (tertiary/aromatic N) is 2. The van der Waals surface area contributed by atoms with Crippen molar-refractivity contribution in [3.05, 3.63) is 30.6 Å². The van der Waals surface area contributed by atoms with Gasteiger partial charge in [0.25, 0.3) is 0 Å². The lowest BCUT2D eigenvalue weighted by Crippen LogP contribution is -2.16. The van der Waals surface area contributed by atoms with E-state index in [4.69, 9.17) is 5.73 Å². The molecule has 0 atom stereocenters. The molecule has 2 aromatic heterocycles. The van der Waals surface area contributed by atoms with Crippen molar-refractivity contribution in [3.8, 4) is 5.75 Å². The molecule has 0 fully saturated rings. The van der Waals surface area contributed by atoms with Crippen LogP contribution in [0.5, 0.6) is 5.75 Å². The second-order valence-electron chi connectivity index (χ2n) is 2.63. The Morgan fingerprint density at radius 3 is 3.00 bits per heavy atom. The van der Waals surface area contributed by atoms with E-state index in [0.717, 1.165) is 5.52 Å². The second kappa shape index (κ2) is 3.29. The zero-order valence-corrected chi connectivity index (χ0v) is 7.18. The van der Waals surface area contributed by atoms with Crippen molar-refractivity contribution >= 4 is 17.1 Å². The van der Waals surface area contributed by atoms with Crippen molar-refractivity contribution < 1.29 is 9.53 Å². The van der Waals surface area contributed by atoms with Gasteiger partial charge >= 0.3 is 6.09 Å². The third kappa shape index (κ3) is 1.61. The van der Waals surface area contributed by atoms with E-state index in [2.05, 4.69) is 14.7 Å². The number of rotatable bonds is 1. The van der Waals surface area contributed by atoms with Crippen LogP contribution in [0.25, 0.3) is 11.0 Å². The summed E-state index contributed by atoms with van der Waals surface area (Å²) in [7, 11) is 0. The zero-order chi connectivity index (χ0) is 9.97. The van der Waals surface area contributed by atoms with Crippen LogP contribution in [0.2, 0.25) is 0 Å². The highest BCUT2D eigenvalue weighted by molar-refractivity contribution is 5.76. The lowest BCUT2D eigenvalue weighted by molar-refractivity contribution is 0.211. The molecule has 0 spiro atoms. The molecule has 0 unspecified atom stereocenters. The van der Waals surface area contributed by atoms with Crippen molar-refractivity contribution in [2.45, 2.75) is 0 Å². The molecule has 2 rings (SSSR count). The average molecular weight is 189 g/mol. The van der Waals surface area contributed by atoms with Crippen molar-refractivity contribution in [2.75, 3.05) is 0 Å². The minimum Gasteiger partial charge on any atom is -0.409 e. The molecule has 2 heterocycles. The van der Waals surface area contributed by atoms with E-state index in [1.165, 1.54) is 6.20 Å². The van der Waals surface area contributed by atoms with Gasteiger partial charge in [-0.2, -0.15) is 0 Å². The van der Waals surface area contributed by atoms with Gasteiger partial charge in [0.05, 0.1) is 17.2 Å². The van der Waals surface area contributed by atoms with E-state index < -0.39 is 6.09 Å². The summed E-state index contributed by atoms with van der Waals surface area (Å²) in [5.41, 5.74) is 6.26. The maximum atomic E-state index is 10.5. The van der Waals surface area contributed by atoms with Gasteiger partial charge in [-0.15, -0.1) is 0 Å². The van der Waals surface area contributed by atoms with Crippen LogP contribution in [0.3, 0.4) is 0 Å². The first-order chi connectivity index (χ1) is 6.75. The topological polar surface area (TPSA) is 78.1 Å². The molecule has 2 aromatic rings. The van der Waals surface area contributed by atoms with Gasteiger partial charge < -0.3 is 10.5 Å². The van der Waals surface area contributed by atoms with E-state index in [1.807, 2.05) is 6.07 Å². The van der Waals surface area contributed by atoms with Gasteiger partial charge in [0.15, 0.2) is 5.75 Å². The summed E-state index contributed by atoms with van der Waals surface area (Å²) in [5.74, 6) is 0.295. The van der Waals surface area contributed by atoms with Crippen LogP contribution in [-0.2, 0) is 0 Å². The normalized spacial score (nSPS) is 10.0. The van der Waals surface area contributed by atoms with Crippen LogP contribution in [0, 0.1) is 0 Å². The van der Waals surface area contributed by atoms with E-state index in [1.54, 1.807) is 18.3 Å². The quantitative estimate of drug-likeness (QED) is 0.728. The molecule has 0 aliphatic rings. The van der Waals surface area contributed by atoms with Gasteiger partial charge in [-0.25, -0.2) is 4.79 Å². The number of amides is 1. The maximum absolute atomic E-state index is 10.5. The third-order valence-electron chi connectivity index (χ3n) is 1.64. The van der Waals surface area contributed by atoms with Crippen LogP contribution < -0.4 is 10.5 Å². The molecule has 5 nitrogen and oxygen atoms in total. The van der Waals surface area contributed by atoms with Gasteiger partial charge in [-0.3, -0.25) is 9.97 Å². The zero-order valence-electron chi connectivity index (χ0n) is 7.18. The lowest BCUT2D eigenvalue weighted by atomic mass is 10.3. The Labute approximate surface area is 79.5 Å². The van der Waals surface area contributed by atoms with Crippen molar-refractivity contribution in [3.63, 3.8) is 0 Å². The molecule has 0 saturated carbocycles. The Kier molecular flexibility index (Phi) is 1.98. The molecular weight excluding hydrogens is 182 g/mol. The fourth-order valence-electron chi connectivity index (χ4n) is 1.11. The van der Waals surface area contributed by atoms with Crippen LogP contribution in [-0.4, -0.2) is 16.1 Å². The number of carbonyl (C=O) groups is 1. The van der Waals surface area contributed by atoms with Crippen LogP contribution in [0.4, 0.5) is 4.79 Å². The first kappa shape index (κ1) is 8.43. The van der Waals surface area contributed by atoms with Crippen LogP contribution in [0.1, 0.15) is 0 Å². The molecular formula is C9H7N3O2. The first-order valence-electron chi connectivity index (χ1n) is 3.94. The smallest absolute Gasteiger partial charge is 0.409 e. The third-order valence-corrected chi connectivity index (χ3v) is 1.64. The van der Waals surface area contributed by atoms with E-state index >= 15 is 0 Å². The lowest BCUT2D eigenvalue weighted by Gasteiger charge is -2.00. The highest BCUT2D eigenvalue weighted by Gasteiger charge is 2.01. The molecule has 2 N–H and O–H groups in total. The molecule has 5 heteroatoms. The van der Waals surface area contributed by atoms with Gasteiger partial charge in [0, 0.05) is 12.3 Å². The Bertz CT molecular complexity index is 484. The fraction of sp³-hybridized carbons (Fsp3) is 0. The van der Waals surface area contributed by atoms with Gasteiger partial charge in [0.2, 0.25) is 0 Å². The van der Waals surface area contributed by atoms with Gasteiger partial charge in [0.1, 0.15) is 0 Å². The molecule has 0 aromatic carbocycles. The van der Waals surface area contributed by atoms with Crippen molar-refractivity contribution in [1.82, 2.24) is 9.97 Å². The molecule has 1 amide bonds. The molecule has 14 heavy (non-hydrogen) atoms. The molecule has 0 radical (unpaired) electrons. The van der Waals surface area contributed by atoms with Crippen LogP contribution in [0.15, 0.2) is 30.6 Å². The minimum absolute atomic E-state index is 0.295. The second-order valence-corrected chi connectivity index (χ2v) is 2.63. The molecule has 70 valence electrons. The largest absolute Gasteiger partial charge is 0.410 e. The number of ether oxygens (including phenoxy) is 1. The first-order valence-corrected chi connectivity index (χ1v) is 3.94. The molecule has 0 aliphatic heterocycles. The summed E-state index contributed by atoms with van der Waals surface area (Å²) in [6.45, 7) is 0. The Morgan fingerprint density at radius 2 is 2.21 bits per heavy atom. The number of hydrogen-bond acceptors (Lipinski definition) is 4. The maximum Gasteiger partial charge on any atom is 0.410 e. The monoisotopic (exact) mass is 189 g/mol. The standard InChI is InChI=1S/C9H7N3O2/c10-9(13)14-6-4-8-7(12-5-6)2-1-3-11-8/h1-5H,(H2,10,13). The van der Waals surface area contributed by atoms with E-state index in [0.29, 0.717) is 11.3 Å². The fourth-order valence-corrected chi connectivity index (χ4v) is 1.11. The predicted molar refractivity (Wildman–Crippen MR) is 49.7 cm³/mol. The number of hydrogen-bond donors (Lipinski definition) is 1. The number of primary amides is 1.